The molecule has 1 amide bonds. The highest BCUT2D eigenvalue weighted by atomic mass is 32.2. The summed E-state index contributed by atoms with van der Waals surface area (Å²) in [5, 5.41) is 6.08. The molecule has 2 N–H and O–H groups in total. The van der Waals surface area contributed by atoms with Crippen LogP contribution in [0.25, 0.3) is 0 Å². The Hall–Kier alpha value is -1.60. The minimum atomic E-state index is -3.25. The highest BCUT2D eigenvalue weighted by molar-refractivity contribution is 7.92. The molecule has 1 aromatic rings. The molecular weight excluding hydrogens is 302 g/mol. The van der Waals surface area contributed by atoms with Crippen molar-refractivity contribution in [2.75, 3.05) is 36.7 Å². The summed E-state index contributed by atoms with van der Waals surface area (Å²) in [5.41, 5.74) is 2.16. The fraction of sp³-hybridized carbons (Fsp3) is 0.533. The van der Waals surface area contributed by atoms with E-state index in [9.17, 15) is 13.2 Å². The molecule has 0 unspecified atom stereocenters. The van der Waals surface area contributed by atoms with Crippen LogP contribution in [-0.4, -0.2) is 46.8 Å². The third-order valence-electron chi connectivity index (χ3n) is 3.61. The summed E-state index contributed by atoms with van der Waals surface area (Å²) >= 11 is 0. The van der Waals surface area contributed by atoms with Crippen molar-refractivity contribution in [2.24, 2.45) is 0 Å². The molecule has 0 bridgehead atoms. The van der Waals surface area contributed by atoms with Crippen molar-refractivity contribution in [2.45, 2.75) is 19.8 Å². The molecule has 0 radical (unpaired) electrons. The number of benzene rings is 1. The molecule has 1 heterocycles. The third-order valence-corrected chi connectivity index (χ3v) is 4.79. The van der Waals surface area contributed by atoms with Crippen molar-refractivity contribution in [3.05, 3.63) is 29.3 Å². The normalized spacial score (nSPS) is 14.0. The number of nitrogens with zero attached hydrogens (tertiary/aromatic N) is 1. The van der Waals surface area contributed by atoms with Crippen molar-refractivity contribution in [3.63, 3.8) is 0 Å². The number of anilines is 1. The summed E-state index contributed by atoms with van der Waals surface area (Å²) in [7, 11) is -3.25. The van der Waals surface area contributed by atoms with Gasteiger partial charge in [0, 0.05) is 25.2 Å². The van der Waals surface area contributed by atoms with Gasteiger partial charge in [0.15, 0.2) is 0 Å². The smallest absolute Gasteiger partial charge is 0.251 e. The lowest BCUT2D eigenvalue weighted by atomic mass is 10.1. The number of fused-ring (bicyclic) bond motifs is 1. The first-order valence-corrected chi connectivity index (χ1v) is 9.38. The zero-order valence-electron chi connectivity index (χ0n) is 13.1. The van der Waals surface area contributed by atoms with Crippen molar-refractivity contribution in [3.8, 4) is 0 Å². The van der Waals surface area contributed by atoms with Crippen LogP contribution in [0.2, 0.25) is 0 Å². The summed E-state index contributed by atoms with van der Waals surface area (Å²) in [6.07, 6.45) is 2.91. The Labute approximate surface area is 131 Å². The van der Waals surface area contributed by atoms with Crippen LogP contribution in [0.15, 0.2) is 18.2 Å². The average molecular weight is 325 g/mol. The molecule has 0 atom stereocenters. The SMILES string of the molecule is CCCNCCNC(=O)c1ccc2c(c1)CCN2S(C)(=O)=O. The maximum absolute atomic E-state index is 12.1. The number of amides is 1. The van der Waals surface area contributed by atoms with Gasteiger partial charge in [0.25, 0.3) is 5.91 Å². The van der Waals surface area contributed by atoms with Crippen molar-refractivity contribution < 1.29 is 13.2 Å². The molecule has 122 valence electrons. The van der Waals surface area contributed by atoms with E-state index >= 15 is 0 Å². The van der Waals surface area contributed by atoms with E-state index in [1.165, 1.54) is 10.6 Å². The molecule has 2 rings (SSSR count). The molecule has 1 aliphatic rings. The molecule has 1 aliphatic heterocycles. The van der Waals surface area contributed by atoms with Gasteiger partial charge < -0.3 is 10.6 Å². The van der Waals surface area contributed by atoms with Gasteiger partial charge in [-0.25, -0.2) is 8.42 Å². The second-order valence-electron chi connectivity index (χ2n) is 5.43. The Morgan fingerprint density at radius 1 is 1.27 bits per heavy atom. The number of hydrogen-bond acceptors (Lipinski definition) is 4. The van der Waals surface area contributed by atoms with Crippen LogP contribution < -0.4 is 14.9 Å². The van der Waals surface area contributed by atoms with E-state index in [1.807, 2.05) is 0 Å². The molecule has 0 saturated carbocycles. The minimum absolute atomic E-state index is 0.126. The van der Waals surface area contributed by atoms with Gasteiger partial charge in [0.05, 0.1) is 11.9 Å². The molecule has 0 fully saturated rings. The summed E-state index contributed by atoms with van der Waals surface area (Å²) < 4.78 is 24.8. The zero-order valence-corrected chi connectivity index (χ0v) is 13.9. The van der Waals surface area contributed by atoms with Crippen LogP contribution in [-0.2, 0) is 16.4 Å². The first-order valence-electron chi connectivity index (χ1n) is 7.53. The Morgan fingerprint density at radius 2 is 2.05 bits per heavy atom. The van der Waals surface area contributed by atoms with Gasteiger partial charge in [-0.1, -0.05) is 6.92 Å². The second-order valence-corrected chi connectivity index (χ2v) is 7.34. The largest absolute Gasteiger partial charge is 0.351 e. The molecule has 0 aromatic heterocycles. The number of carbonyl (C=O) groups is 1. The lowest BCUT2D eigenvalue weighted by molar-refractivity contribution is 0.0954. The molecule has 0 spiro atoms. The number of rotatable bonds is 7. The number of carbonyl (C=O) groups excluding carboxylic acids is 1. The Balaban J connectivity index is 1.99. The van der Waals surface area contributed by atoms with Gasteiger partial charge in [-0.05, 0) is 43.1 Å². The summed E-state index contributed by atoms with van der Waals surface area (Å²) in [6.45, 7) is 4.80. The quantitative estimate of drug-likeness (QED) is 0.725. The molecule has 22 heavy (non-hydrogen) atoms. The molecule has 1 aromatic carbocycles. The van der Waals surface area contributed by atoms with Crippen molar-refractivity contribution in [1.29, 1.82) is 0 Å². The fourth-order valence-electron chi connectivity index (χ4n) is 2.53. The van der Waals surface area contributed by atoms with Gasteiger partial charge in [0.2, 0.25) is 10.0 Å². The lowest BCUT2D eigenvalue weighted by Crippen LogP contribution is -2.32. The summed E-state index contributed by atoms with van der Waals surface area (Å²) in [5.74, 6) is -0.126. The first-order chi connectivity index (χ1) is 10.4. The van der Waals surface area contributed by atoms with Crippen LogP contribution in [0.3, 0.4) is 0 Å². The molecule has 0 aliphatic carbocycles. The van der Waals surface area contributed by atoms with Crippen LogP contribution in [0, 0.1) is 0 Å². The number of sulfonamides is 1. The third kappa shape index (κ3) is 3.98. The molecule has 0 saturated heterocycles. The predicted molar refractivity (Wildman–Crippen MR) is 87.8 cm³/mol. The second kappa shape index (κ2) is 7.11. The van der Waals surface area contributed by atoms with E-state index in [1.54, 1.807) is 18.2 Å². The van der Waals surface area contributed by atoms with E-state index in [-0.39, 0.29) is 5.91 Å². The summed E-state index contributed by atoms with van der Waals surface area (Å²) in [6, 6.07) is 5.18. The molecule has 7 heteroatoms. The van der Waals surface area contributed by atoms with Gasteiger partial charge in [0.1, 0.15) is 0 Å². The molecule has 6 nitrogen and oxygen atoms in total. The highest BCUT2D eigenvalue weighted by Gasteiger charge is 2.26. The fourth-order valence-corrected chi connectivity index (χ4v) is 3.48. The highest BCUT2D eigenvalue weighted by Crippen LogP contribution is 2.30. The van der Waals surface area contributed by atoms with Crippen LogP contribution >= 0.6 is 0 Å². The Morgan fingerprint density at radius 3 is 2.73 bits per heavy atom. The Bertz CT molecular complexity index is 643. The summed E-state index contributed by atoms with van der Waals surface area (Å²) in [4.78, 5) is 12.1. The monoisotopic (exact) mass is 325 g/mol. The topological polar surface area (TPSA) is 78.5 Å². The zero-order chi connectivity index (χ0) is 16.2. The number of nitrogens with one attached hydrogen (secondary N) is 2. The minimum Gasteiger partial charge on any atom is -0.351 e. The standard InChI is InChI=1S/C15H23N3O3S/c1-3-7-16-8-9-17-15(19)13-4-5-14-12(11-13)6-10-18(14)22(2,20)21/h4-5,11,16H,3,6-10H2,1-2H3,(H,17,19). The van der Waals surface area contributed by atoms with E-state index in [2.05, 4.69) is 17.6 Å². The maximum atomic E-state index is 12.1. The van der Waals surface area contributed by atoms with E-state index in [0.717, 1.165) is 25.1 Å². The van der Waals surface area contributed by atoms with Crippen LogP contribution in [0.5, 0.6) is 0 Å². The van der Waals surface area contributed by atoms with Gasteiger partial charge in [-0.3, -0.25) is 9.10 Å². The van der Waals surface area contributed by atoms with Crippen LogP contribution in [0.4, 0.5) is 5.69 Å². The van der Waals surface area contributed by atoms with Gasteiger partial charge in [-0.15, -0.1) is 0 Å². The lowest BCUT2D eigenvalue weighted by Gasteiger charge is -2.16. The van der Waals surface area contributed by atoms with Crippen LogP contribution in [0.1, 0.15) is 29.3 Å². The van der Waals surface area contributed by atoms with E-state index < -0.39 is 10.0 Å². The predicted octanol–water partition coefficient (Wildman–Crippen LogP) is 0.738. The van der Waals surface area contributed by atoms with Gasteiger partial charge in [-0.2, -0.15) is 0 Å². The Kier molecular flexibility index (Phi) is 5.42. The molecular formula is C15H23N3O3S. The first kappa shape index (κ1) is 16.8. The van der Waals surface area contributed by atoms with Crippen molar-refractivity contribution >= 4 is 21.6 Å². The average Bonchev–Trinajstić information content (AvgIpc) is 2.89. The number of hydrogen-bond donors (Lipinski definition) is 2. The maximum Gasteiger partial charge on any atom is 0.251 e. The van der Waals surface area contributed by atoms with Gasteiger partial charge >= 0.3 is 0 Å². The van der Waals surface area contributed by atoms with E-state index in [4.69, 9.17) is 0 Å². The van der Waals surface area contributed by atoms with Crippen molar-refractivity contribution in [1.82, 2.24) is 10.6 Å². The van der Waals surface area contributed by atoms with E-state index in [0.29, 0.717) is 30.8 Å².